The zero-order chi connectivity index (χ0) is 27.3. The number of carbonyl (C=O) groups is 1. The number of benzene rings is 1. The summed E-state index contributed by atoms with van der Waals surface area (Å²) in [5.74, 6) is -0.0868. The molecule has 4 rings (SSSR count). The number of hydrogen-bond acceptors (Lipinski definition) is 6. The maximum Gasteiger partial charge on any atom is 0.490 e. The van der Waals surface area contributed by atoms with Crippen LogP contribution in [0.25, 0.3) is 11.0 Å². The van der Waals surface area contributed by atoms with Crippen LogP contribution < -0.4 is 4.74 Å². The van der Waals surface area contributed by atoms with Crippen molar-refractivity contribution < 1.29 is 36.7 Å². The highest BCUT2D eigenvalue weighted by Gasteiger charge is 2.52. The van der Waals surface area contributed by atoms with Crippen molar-refractivity contribution in [1.82, 2.24) is 14.5 Å². The van der Waals surface area contributed by atoms with Gasteiger partial charge in [0.25, 0.3) is 0 Å². The standard InChI is InChI=1S/C25H33BF3N3O5/c1-15(2)32-13-30-20-12-18(11-19(21(20)32)25(27,28)29)34-14-35-22(33)31-9-8-17(10-16(31)3)26-36-23(4,5)24(6,7)37-26/h10-13,15-16H,8-9,14H2,1-7H3. The second-order valence-electron chi connectivity index (χ2n) is 10.8. The summed E-state index contributed by atoms with van der Waals surface area (Å²) < 4.78 is 65.6. The lowest BCUT2D eigenvalue weighted by Gasteiger charge is -2.32. The van der Waals surface area contributed by atoms with Gasteiger partial charge in [0.15, 0.2) is 0 Å². The third-order valence-corrected chi connectivity index (χ3v) is 7.29. The van der Waals surface area contributed by atoms with Crippen molar-refractivity contribution in [2.45, 2.75) is 84.3 Å². The fourth-order valence-electron chi connectivity index (χ4n) is 4.45. The summed E-state index contributed by atoms with van der Waals surface area (Å²) in [6, 6.07) is 1.81. The number of amides is 1. The lowest BCUT2D eigenvalue weighted by molar-refractivity contribution is -0.136. The van der Waals surface area contributed by atoms with E-state index in [1.54, 1.807) is 13.8 Å². The molecule has 0 radical (unpaired) electrons. The van der Waals surface area contributed by atoms with Crippen LogP contribution in [0.1, 0.15) is 66.5 Å². The third-order valence-electron chi connectivity index (χ3n) is 7.29. The fourth-order valence-corrected chi connectivity index (χ4v) is 4.45. The molecule has 3 heterocycles. The molecule has 1 aromatic heterocycles. The molecule has 1 fully saturated rings. The lowest BCUT2D eigenvalue weighted by atomic mass is 9.74. The van der Waals surface area contributed by atoms with E-state index in [-0.39, 0.29) is 28.9 Å². The summed E-state index contributed by atoms with van der Waals surface area (Å²) in [7, 11) is -0.481. The molecular weight excluding hydrogens is 490 g/mol. The first-order valence-corrected chi connectivity index (χ1v) is 12.3. The number of rotatable bonds is 5. The van der Waals surface area contributed by atoms with Crippen LogP contribution in [-0.4, -0.2) is 58.2 Å². The van der Waals surface area contributed by atoms with Gasteiger partial charge in [0, 0.05) is 18.7 Å². The maximum atomic E-state index is 13.8. The van der Waals surface area contributed by atoms with E-state index in [0.717, 1.165) is 11.5 Å². The summed E-state index contributed by atoms with van der Waals surface area (Å²) in [6.45, 7) is 13.2. The molecule has 1 atom stereocenters. The number of halogens is 3. The Morgan fingerprint density at radius 1 is 1.22 bits per heavy atom. The molecule has 8 nitrogen and oxygen atoms in total. The molecular formula is C25H33BF3N3O5. The van der Waals surface area contributed by atoms with Crippen molar-refractivity contribution in [2.24, 2.45) is 0 Å². The predicted molar refractivity (Wildman–Crippen MR) is 132 cm³/mol. The minimum Gasteiger partial charge on any atom is -0.457 e. The smallest absolute Gasteiger partial charge is 0.457 e. The normalized spacial score (nSPS) is 21.5. The Balaban J connectivity index is 1.40. The minimum absolute atomic E-state index is 0.0152. The van der Waals surface area contributed by atoms with Crippen LogP contribution in [0.4, 0.5) is 18.0 Å². The first kappa shape index (κ1) is 27.3. The first-order valence-electron chi connectivity index (χ1n) is 12.3. The lowest BCUT2D eigenvalue weighted by Crippen LogP contribution is -2.43. The van der Waals surface area contributed by atoms with Crippen molar-refractivity contribution in [3.8, 4) is 5.75 Å². The van der Waals surface area contributed by atoms with E-state index < -0.39 is 42.9 Å². The van der Waals surface area contributed by atoms with E-state index in [2.05, 4.69) is 4.98 Å². The average Bonchev–Trinajstić information content (AvgIpc) is 3.29. The van der Waals surface area contributed by atoms with Crippen molar-refractivity contribution >= 4 is 24.2 Å². The predicted octanol–water partition coefficient (Wildman–Crippen LogP) is 5.76. The monoisotopic (exact) mass is 523 g/mol. The van der Waals surface area contributed by atoms with Gasteiger partial charge in [-0.1, -0.05) is 6.08 Å². The summed E-state index contributed by atoms with van der Waals surface area (Å²) >= 11 is 0. The second-order valence-corrected chi connectivity index (χ2v) is 10.8. The molecule has 2 aliphatic rings. The molecule has 1 amide bonds. The zero-order valence-electron chi connectivity index (χ0n) is 22.2. The largest absolute Gasteiger partial charge is 0.490 e. The molecule has 1 unspecified atom stereocenters. The van der Waals surface area contributed by atoms with Crippen molar-refractivity contribution in [1.29, 1.82) is 0 Å². The summed E-state index contributed by atoms with van der Waals surface area (Å²) in [6.07, 6.45) is -1.40. The molecule has 12 heteroatoms. The van der Waals surface area contributed by atoms with Gasteiger partial charge in [0.2, 0.25) is 6.79 Å². The Morgan fingerprint density at radius 2 is 1.86 bits per heavy atom. The number of aromatic nitrogens is 2. The topological polar surface area (TPSA) is 75.1 Å². The third kappa shape index (κ3) is 5.31. The van der Waals surface area contributed by atoms with Crippen LogP contribution >= 0.6 is 0 Å². The van der Waals surface area contributed by atoms with Gasteiger partial charge in [-0.3, -0.25) is 0 Å². The molecule has 0 bridgehead atoms. The van der Waals surface area contributed by atoms with Gasteiger partial charge in [-0.05, 0) is 66.4 Å². The fraction of sp³-hybridized carbons (Fsp3) is 0.600. The van der Waals surface area contributed by atoms with Gasteiger partial charge in [0.05, 0.1) is 40.2 Å². The number of fused-ring (bicyclic) bond motifs is 1. The molecule has 1 saturated heterocycles. The summed E-state index contributed by atoms with van der Waals surface area (Å²) in [5, 5.41) is 0. The second kappa shape index (κ2) is 9.54. The molecule has 2 aliphatic heterocycles. The maximum absolute atomic E-state index is 13.8. The Kier molecular flexibility index (Phi) is 7.04. The van der Waals surface area contributed by atoms with Gasteiger partial charge < -0.3 is 28.2 Å². The quantitative estimate of drug-likeness (QED) is 0.367. The van der Waals surface area contributed by atoms with Crippen LogP contribution in [0, 0.1) is 0 Å². The van der Waals surface area contributed by atoms with Gasteiger partial charge in [-0.2, -0.15) is 13.2 Å². The zero-order valence-corrected chi connectivity index (χ0v) is 22.2. The number of carbonyl (C=O) groups excluding carboxylic acids is 1. The van der Waals surface area contributed by atoms with Gasteiger partial charge in [-0.15, -0.1) is 0 Å². The Bertz CT molecular complexity index is 1190. The molecule has 0 aliphatic carbocycles. The van der Waals surface area contributed by atoms with Crippen molar-refractivity contribution in [3.63, 3.8) is 0 Å². The number of nitrogens with zero attached hydrogens (tertiary/aromatic N) is 3. The van der Waals surface area contributed by atoms with Gasteiger partial charge >= 0.3 is 19.4 Å². The SMILES string of the molecule is CC1C=C(B2OC(C)(C)C(C)(C)O2)CCN1C(=O)OCOc1cc(C(F)(F)F)c2c(c1)ncn2C(C)C. The molecule has 37 heavy (non-hydrogen) atoms. The van der Waals surface area contributed by atoms with E-state index in [9.17, 15) is 18.0 Å². The van der Waals surface area contributed by atoms with Crippen LogP contribution in [0.15, 0.2) is 30.0 Å². The number of alkyl halides is 3. The highest BCUT2D eigenvalue weighted by molar-refractivity contribution is 6.54. The van der Waals surface area contributed by atoms with E-state index in [1.807, 2.05) is 40.7 Å². The number of ether oxygens (including phenoxy) is 2. The molecule has 0 saturated carbocycles. The van der Waals surface area contributed by atoms with Crippen LogP contribution in [-0.2, 0) is 20.2 Å². The molecule has 0 N–H and O–H groups in total. The molecule has 0 spiro atoms. The Hall–Kier alpha value is -2.73. The van der Waals surface area contributed by atoms with E-state index in [4.69, 9.17) is 18.8 Å². The molecule has 202 valence electrons. The molecule has 1 aromatic carbocycles. The van der Waals surface area contributed by atoms with Gasteiger partial charge in [0.1, 0.15) is 5.75 Å². The van der Waals surface area contributed by atoms with E-state index in [1.165, 1.54) is 21.9 Å². The highest BCUT2D eigenvalue weighted by atomic mass is 19.4. The number of hydrogen-bond donors (Lipinski definition) is 0. The Morgan fingerprint density at radius 3 is 2.43 bits per heavy atom. The summed E-state index contributed by atoms with van der Waals surface area (Å²) in [5.41, 5.74) is -0.690. The Labute approximate surface area is 214 Å². The minimum atomic E-state index is -4.61. The van der Waals surface area contributed by atoms with Crippen molar-refractivity contribution in [2.75, 3.05) is 13.3 Å². The highest BCUT2D eigenvalue weighted by Crippen LogP contribution is 2.40. The van der Waals surface area contributed by atoms with Crippen molar-refractivity contribution in [3.05, 3.63) is 35.6 Å². The van der Waals surface area contributed by atoms with Gasteiger partial charge in [-0.25, -0.2) is 9.78 Å². The van der Waals surface area contributed by atoms with Crippen LogP contribution in [0.3, 0.4) is 0 Å². The number of imidazole rings is 1. The first-order chi connectivity index (χ1) is 17.1. The van der Waals surface area contributed by atoms with E-state index >= 15 is 0 Å². The van der Waals surface area contributed by atoms with Crippen LogP contribution in [0.5, 0.6) is 5.75 Å². The average molecular weight is 523 g/mol. The summed E-state index contributed by atoms with van der Waals surface area (Å²) in [4.78, 5) is 18.3. The van der Waals surface area contributed by atoms with E-state index in [0.29, 0.717) is 13.0 Å². The molecule has 2 aromatic rings. The van der Waals surface area contributed by atoms with Crippen LogP contribution in [0.2, 0.25) is 0 Å².